The molecule has 100 valence electrons. The van der Waals surface area contributed by atoms with Crippen LogP contribution in [0.5, 0.6) is 0 Å². The minimum Gasteiger partial charge on any atom is -0.465 e. The van der Waals surface area contributed by atoms with E-state index in [0.717, 1.165) is 10.2 Å². The Morgan fingerprint density at radius 3 is 2.74 bits per heavy atom. The number of carbonyl (C=O) groups is 1. The Kier molecular flexibility index (Phi) is 4.61. The van der Waals surface area contributed by atoms with E-state index in [0.29, 0.717) is 5.56 Å². The first-order valence-electron chi connectivity index (χ1n) is 5.80. The van der Waals surface area contributed by atoms with E-state index in [4.69, 9.17) is 4.74 Å². The zero-order valence-corrected chi connectivity index (χ0v) is 13.0. The fraction of sp³-hybridized carbons (Fsp3) is 0.214. The zero-order chi connectivity index (χ0) is 13.8. The van der Waals surface area contributed by atoms with Gasteiger partial charge in [-0.2, -0.15) is 0 Å². The molecule has 0 radical (unpaired) electrons. The van der Waals surface area contributed by atoms with Gasteiger partial charge in [0.05, 0.1) is 18.7 Å². The number of methoxy groups -OCH3 is 1. The molecule has 0 aliphatic rings. The van der Waals surface area contributed by atoms with Crippen molar-refractivity contribution >= 4 is 38.9 Å². The number of rotatable bonds is 4. The average Bonchev–Trinajstić information content (AvgIpc) is 2.85. The summed E-state index contributed by atoms with van der Waals surface area (Å²) in [6, 6.07) is 9.48. The number of hydrogen-bond donors (Lipinski definition) is 1. The van der Waals surface area contributed by atoms with Crippen molar-refractivity contribution in [3.63, 3.8) is 0 Å². The summed E-state index contributed by atoms with van der Waals surface area (Å²) in [5.41, 5.74) is 1.33. The van der Waals surface area contributed by atoms with Gasteiger partial charge in [0.1, 0.15) is 0 Å². The Morgan fingerprint density at radius 1 is 1.37 bits per heavy atom. The molecule has 0 saturated heterocycles. The minimum absolute atomic E-state index is 0.111. The molecule has 2 rings (SSSR count). The van der Waals surface area contributed by atoms with Crippen LogP contribution in [0.1, 0.15) is 28.2 Å². The van der Waals surface area contributed by atoms with Crippen molar-refractivity contribution in [1.82, 2.24) is 0 Å². The van der Waals surface area contributed by atoms with Crippen molar-refractivity contribution in [2.75, 3.05) is 12.4 Å². The van der Waals surface area contributed by atoms with Crippen molar-refractivity contribution in [3.8, 4) is 0 Å². The van der Waals surface area contributed by atoms with Gasteiger partial charge in [-0.1, -0.05) is 12.1 Å². The number of ether oxygens (including phenoxy) is 1. The summed E-state index contributed by atoms with van der Waals surface area (Å²) in [5, 5.41) is 5.38. The Hall–Kier alpha value is -1.33. The molecule has 1 unspecified atom stereocenters. The van der Waals surface area contributed by atoms with Crippen LogP contribution in [0.15, 0.2) is 40.2 Å². The molecule has 19 heavy (non-hydrogen) atoms. The number of benzene rings is 1. The molecular formula is C14H14BrNO2S. The van der Waals surface area contributed by atoms with E-state index in [1.165, 1.54) is 12.0 Å². The number of anilines is 1. The molecular weight excluding hydrogens is 326 g/mol. The predicted octanol–water partition coefficient (Wildman–Crippen LogP) is 4.47. The summed E-state index contributed by atoms with van der Waals surface area (Å²) in [5.74, 6) is -0.333. The van der Waals surface area contributed by atoms with Crippen LogP contribution in [-0.4, -0.2) is 13.1 Å². The predicted molar refractivity (Wildman–Crippen MR) is 81.8 cm³/mol. The van der Waals surface area contributed by atoms with Crippen LogP contribution in [0.4, 0.5) is 5.69 Å². The van der Waals surface area contributed by atoms with Gasteiger partial charge in [-0.3, -0.25) is 0 Å². The van der Waals surface area contributed by atoms with Crippen LogP contribution in [-0.2, 0) is 4.74 Å². The maximum atomic E-state index is 11.7. The van der Waals surface area contributed by atoms with E-state index in [1.807, 2.05) is 29.6 Å². The van der Waals surface area contributed by atoms with Crippen molar-refractivity contribution in [3.05, 3.63) is 50.6 Å². The van der Waals surface area contributed by atoms with Crippen molar-refractivity contribution in [2.24, 2.45) is 0 Å². The van der Waals surface area contributed by atoms with E-state index in [2.05, 4.69) is 28.2 Å². The Labute approximate surface area is 124 Å². The van der Waals surface area contributed by atoms with Crippen molar-refractivity contribution < 1.29 is 9.53 Å². The fourth-order valence-electron chi connectivity index (χ4n) is 1.81. The first-order valence-corrected chi connectivity index (χ1v) is 7.47. The highest BCUT2D eigenvalue weighted by atomic mass is 79.9. The highest BCUT2D eigenvalue weighted by molar-refractivity contribution is 9.10. The van der Waals surface area contributed by atoms with Crippen LogP contribution in [0.3, 0.4) is 0 Å². The number of thiophene rings is 1. The standard InChI is InChI=1S/C14H14BrNO2S/c1-9(13-11(15)7-8-19-13)16-12-6-4-3-5-10(12)14(17)18-2/h3-9,16H,1-2H3. The summed E-state index contributed by atoms with van der Waals surface area (Å²) in [6.07, 6.45) is 0. The Morgan fingerprint density at radius 2 is 2.11 bits per heavy atom. The molecule has 5 heteroatoms. The smallest absolute Gasteiger partial charge is 0.339 e. The molecule has 1 atom stereocenters. The second-order valence-electron chi connectivity index (χ2n) is 4.04. The molecule has 1 aromatic heterocycles. The summed E-state index contributed by atoms with van der Waals surface area (Å²) >= 11 is 5.19. The number of para-hydroxylation sites is 1. The second-order valence-corrected chi connectivity index (χ2v) is 5.84. The van der Waals surface area contributed by atoms with Gasteiger partial charge in [-0.05, 0) is 46.4 Å². The van der Waals surface area contributed by atoms with Gasteiger partial charge in [0.2, 0.25) is 0 Å². The van der Waals surface area contributed by atoms with E-state index in [9.17, 15) is 4.79 Å². The summed E-state index contributed by atoms with van der Waals surface area (Å²) in [7, 11) is 1.39. The van der Waals surface area contributed by atoms with Gasteiger partial charge >= 0.3 is 5.97 Å². The van der Waals surface area contributed by atoms with Crippen LogP contribution < -0.4 is 5.32 Å². The fourth-order valence-corrected chi connectivity index (χ4v) is 3.54. The van der Waals surface area contributed by atoms with Crippen LogP contribution >= 0.6 is 27.3 Å². The van der Waals surface area contributed by atoms with E-state index in [-0.39, 0.29) is 12.0 Å². The largest absolute Gasteiger partial charge is 0.465 e. The zero-order valence-electron chi connectivity index (χ0n) is 10.6. The Bertz CT molecular complexity index is 582. The average molecular weight is 340 g/mol. The molecule has 1 N–H and O–H groups in total. The van der Waals surface area contributed by atoms with Crippen LogP contribution in [0.25, 0.3) is 0 Å². The molecule has 2 aromatic rings. The third-order valence-electron chi connectivity index (χ3n) is 2.74. The molecule has 1 heterocycles. The molecule has 0 bridgehead atoms. The van der Waals surface area contributed by atoms with Gasteiger partial charge in [0.15, 0.2) is 0 Å². The lowest BCUT2D eigenvalue weighted by atomic mass is 10.1. The molecule has 0 saturated carbocycles. The Balaban J connectivity index is 2.24. The first kappa shape index (κ1) is 14.1. The van der Waals surface area contributed by atoms with Gasteiger partial charge in [0.25, 0.3) is 0 Å². The topological polar surface area (TPSA) is 38.3 Å². The molecule has 0 fully saturated rings. The van der Waals surface area contributed by atoms with E-state index < -0.39 is 0 Å². The quantitative estimate of drug-likeness (QED) is 0.835. The summed E-state index contributed by atoms with van der Waals surface area (Å²) in [6.45, 7) is 2.06. The number of nitrogens with one attached hydrogen (secondary N) is 1. The monoisotopic (exact) mass is 339 g/mol. The second kappa shape index (κ2) is 6.21. The normalized spacial score (nSPS) is 11.9. The van der Waals surface area contributed by atoms with Gasteiger partial charge in [-0.15, -0.1) is 11.3 Å². The van der Waals surface area contributed by atoms with Gasteiger partial charge in [0, 0.05) is 15.0 Å². The maximum Gasteiger partial charge on any atom is 0.339 e. The lowest BCUT2D eigenvalue weighted by Crippen LogP contribution is -2.11. The minimum atomic E-state index is -0.333. The molecule has 3 nitrogen and oxygen atoms in total. The van der Waals surface area contributed by atoms with Gasteiger partial charge in [-0.25, -0.2) is 4.79 Å². The number of esters is 1. The summed E-state index contributed by atoms with van der Waals surface area (Å²) in [4.78, 5) is 12.9. The SMILES string of the molecule is COC(=O)c1ccccc1NC(C)c1sccc1Br. The molecule has 0 aliphatic heterocycles. The number of halogens is 1. The maximum absolute atomic E-state index is 11.7. The van der Waals surface area contributed by atoms with E-state index >= 15 is 0 Å². The number of hydrogen-bond acceptors (Lipinski definition) is 4. The van der Waals surface area contributed by atoms with Crippen molar-refractivity contribution in [2.45, 2.75) is 13.0 Å². The van der Waals surface area contributed by atoms with Crippen LogP contribution in [0.2, 0.25) is 0 Å². The van der Waals surface area contributed by atoms with Crippen molar-refractivity contribution in [1.29, 1.82) is 0 Å². The third-order valence-corrected chi connectivity index (χ3v) is 4.80. The number of carbonyl (C=O) groups excluding carboxylic acids is 1. The molecule has 0 amide bonds. The lowest BCUT2D eigenvalue weighted by molar-refractivity contribution is 0.0602. The highest BCUT2D eigenvalue weighted by Crippen LogP contribution is 2.31. The summed E-state index contributed by atoms with van der Waals surface area (Å²) < 4.78 is 5.86. The molecule has 0 aliphatic carbocycles. The molecule has 1 aromatic carbocycles. The van der Waals surface area contributed by atoms with E-state index in [1.54, 1.807) is 17.4 Å². The van der Waals surface area contributed by atoms with Crippen LogP contribution in [0, 0.1) is 0 Å². The molecule has 0 spiro atoms. The third kappa shape index (κ3) is 3.16. The highest BCUT2D eigenvalue weighted by Gasteiger charge is 2.15. The van der Waals surface area contributed by atoms with Gasteiger partial charge < -0.3 is 10.1 Å². The lowest BCUT2D eigenvalue weighted by Gasteiger charge is -2.16. The first-order chi connectivity index (χ1) is 9.13.